The van der Waals surface area contributed by atoms with Gasteiger partial charge in [0.05, 0.1) is 17.3 Å². The minimum absolute atomic E-state index is 0.185. The van der Waals surface area contributed by atoms with Gasteiger partial charge in [-0.3, -0.25) is 14.4 Å². The van der Waals surface area contributed by atoms with Crippen molar-refractivity contribution in [2.24, 2.45) is 23.2 Å². The Bertz CT molecular complexity index is 426. The first-order chi connectivity index (χ1) is 7.90. The van der Waals surface area contributed by atoms with E-state index in [0.717, 1.165) is 0 Å². The third-order valence-corrected chi connectivity index (χ3v) is 3.86. The average molecular weight is 240 g/mol. The molecule has 0 spiro atoms. The van der Waals surface area contributed by atoms with Crippen molar-refractivity contribution >= 4 is 17.9 Å². The maximum atomic E-state index is 11.3. The van der Waals surface area contributed by atoms with Gasteiger partial charge >= 0.3 is 17.9 Å². The molecule has 6 heteroatoms. The van der Waals surface area contributed by atoms with Gasteiger partial charge < -0.3 is 15.3 Å². The molecule has 92 valence electrons. The van der Waals surface area contributed by atoms with Crippen LogP contribution in [0.4, 0.5) is 0 Å². The van der Waals surface area contributed by atoms with Crippen LogP contribution in [0.5, 0.6) is 0 Å². The number of allylic oxidation sites excluding steroid dienone is 1. The number of carbonyl (C=O) groups is 3. The standard InChI is InChI=1S/C11H12O6/c12-8(13)6-5-1-3-11(4-2-5,10(16)17)7(6)9(14)15/h1,3,5-7H,2,4H2,(H,12,13)(H,14,15)(H,16,17)/t5-,6+,7+,11+/m0/s1. The van der Waals surface area contributed by atoms with E-state index < -0.39 is 35.2 Å². The van der Waals surface area contributed by atoms with Crippen molar-refractivity contribution in [2.75, 3.05) is 0 Å². The molecule has 1 saturated carbocycles. The summed E-state index contributed by atoms with van der Waals surface area (Å²) in [5.74, 6) is -6.77. The molecule has 3 N–H and O–H groups in total. The Morgan fingerprint density at radius 2 is 1.76 bits per heavy atom. The maximum Gasteiger partial charge on any atom is 0.314 e. The van der Waals surface area contributed by atoms with Gasteiger partial charge in [-0.05, 0) is 18.8 Å². The minimum atomic E-state index is -1.57. The molecule has 4 atom stereocenters. The zero-order chi connectivity index (χ0) is 12.8. The first-order valence-corrected chi connectivity index (χ1v) is 5.28. The van der Waals surface area contributed by atoms with Gasteiger partial charge in [0.1, 0.15) is 0 Å². The van der Waals surface area contributed by atoms with E-state index in [1.54, 1.807) is 0 Å². The summed E-state index contributed by atoms with van der Waals surface area (Å²) in [4.78, 5) is 33.6. The predicted molar refractivity (Wildman–Crippen MR) is 54.2 cm³/mol. The first kappa shape index (κ1) is 11.6. The average Bonchev–Trinajstić information content (AvgIpc) is 2.28. The molecule has 0 aromatic rings. The van der Waals surface area contributed by atoms with Crippen molar-refractivity contribution in [2.45, 2.75) is 12.8 Å². The molecule has 0 heterocycles. The van der Waals surface area contributed by atoms with Crippen LogP contribution >= 0.6 is 0 Å². The topological polar surface area (TPSA) is 112 Å². The normalized spacial score (nSPS) is 38.9. The van der Waals surface area contributed by atoms with E-state index in [4.69, 9.17) is 10.2 Å². The van der Waals surface area contributed by atoms with Gasteiger partial charge in [-0.2, -0.15) is 0 Å². The second kappa shape index (κ2) is 3.58. The third kappa shape index (κ3) is 1.44. The molecular weight excluding hydrogens is 228 g/mol. The predicted octanol–water partition coefficient (Wildman–Crippen LogP) is 0.439. The molecule has 0 aromatic carbocycles. The van der Waals surface area contributed by atoms with E-state index in [-0.39, 0.29) is 12.3 Å². The molecule has 0 aromatic heterocycles. The van der Waals surface area contributed by atoms with E-state index in [0.29, 0.717) is 6.42 Å². The van der Waals surface area contributed by atoms with Crippen LogP contribution < -0.4 is 0 Å². The fraction of sp³-hybridized carbons (Fsp3) is 0.545. The fourth-order valence-electron chi connectivity index (χ4n) is 3.02. The van der Waals surface area contributed by atoms with Crippen LogP contribution in [0.25, 0.3) is 0 Å². The highest BCUT2D eigenvalue weighted by Gasteiger charge is 2.60. The SMILES string of the molecule is O=C(O)[C@@H]1[C@H]2C=C[C@@](C(=O)O)(CC2)[C@H]1C(=O)O. The molecule has 2 bridgehead atoms. The van der Waals surface area contributed by atoms with Gasteiger partial charge in [-0.1, -0.05) is 12.2 Å². The second-order valence-electron chi connectivity index (χ2n) is 4.59. The zero-order valence-corrected chi connectivity index (χ0v) is 8.87. The zero-order valence-electron chi connectivity index (χ0n) is 8.87. The highest BCUT2D eigenvalue weighted by Crippen LogP contribution is 2.53. The van der Waals surface area contributed by atoms with Crippen molar-refractivity contribution in [1.29, 1.82) is 0 Å². The minimum Gasteiger partial charge on any atom is -0.481 e. The molecule has 3 rings (SSSR count). The lowest BCUT2D eigenvalue weighted by atomic mass is 9.54. The number of carboxylic acids is 3. The van der Waals surface area contributed by atoms with Crippen molar-refractivity contribution < 1.29 is 29.7 Å². The molecule has 0 unspecified atom stereocenters. The number of rotatable bonds is 3. The quantitative estimate of drug-likeness (QED) is 0.617. The van der Waals surface area contributed by atoms with Crippen molar-refractivity contribution in [3.05, 3.63) is 12.2 Å². The van der Waals surface area contributed by atoms with E-state index in [2.05, 4.69) is 0 Å². The summed E-state index contributed by atoms with van der Waals surface area (Å²) in [6.07, 6.45) is 3.49. The molecule has 17 heavy (non-hydrogen) atoms. The van der Waals surface area contributed by atoms with Gasteiger partial charge in [0.2, 0.25) is 0 Å². The first-order valence-electron chi connectivity index (χ1n) is 5.28. The lowest BCUT2D eigenvalue weighted by Gasteiger charge is -2.46. The number of fused-ring (bicyclic) bond motifs is 2. The molecular formula is C11H12O6. The van der Waals surface area contributed by atoms with E-state index in [1.165, 1.54) is 12.2 Å². The molecule has 3 aliphatic rings. The summed E-state index contributed by atoms with van der Waals surface area (Å²) < 4.78 is 0. The van der Waals surface area contributed by atoms with Crippen molar-refractivity contribution in [3.8, 4) is 0 Å². The monoisotopic (exact) mass is 240 g/mol. The molecule has 0 amide bonds. The lowest BCUT2D eigenvalue weighted by molar-refractivity contribution is -0.174. The highest BCUT2D eigenvalue weighted by atomic mass is 16.4. The van der Waals surface area contributed by atoms with Crippen LogP contribution in [0.3, 0.4) is 0 Å². The van der Waals surface area contributed by atoms with Gasteiger partial charge in [-0.15, -0.1) is 0 Å². The van der Waals surface area contributed by atoms with Crippen LogP contribution in [0.1, 0.15) is 12.8 Å². The number of carboxylic acid groups (broad SMARTS) is 3. The van der Waals surface area contributed by atoms with E-state index in [1.807, 2.05) is 0 Å². The third-order valence-electron chi connectivity index (χ3n) is 3.86. The number of hydrogen-bond acceptors (Lipinski definition) is 3. The summed E-state index contributed by atoms with van der Waals surface area (Å²) in [6.45, 7) is 0. The van der Waals surface area contributed by atoms with Gasteiger partial charge in [0.25, 0.3) is 0 Å². The van der Waals surface area contributed by atoms with Crippen LogP contribution in [0.2, 0.25) is 0 Å². The van der Waals surface area contributed by atoms with Crippen molar-refractivity contribution in [3.63, 3.8) is 0 Å². The Kier molecular flexibility index (Phi) is 2.45. The van der Waals surface area contributed by atoms with Crippen LogP contribution in [0, 0.1) is 23.2 Å². The second-order valence-corrected chi connectivity index (χ2v) is 4.59. The lowest BCUT2D eigenvalue weighted by Crippen LogP contribution is -2.55. The number of aliphatic carboxylic acids is 3. The summed E-state index contributed by atoms with van der Waals surface area (Å²) in [5, 5.41) is 27.4. The summed E-state index contributed by atoms with van der Waals surface area (Å²) in [5.41, 5.74) is -1.57. The Labute approximate surface area is 96.6 Å². The molecule has 3 aliphatic carbocycles. The summed E-state index contributed by atoms with van der Waals surface area (Å²) in [7, 11) is 0. The Morgan fingerprint density at radius 1 is 1.12 bits per heavy atom. The largest absolute Gasteiger partial charge is 0.481 e. The Balaban J connectivity index is 2.55. The highest BCUT2D eigenvalue weighted by molar-refractivity contribution is 5.90. The summed E-state index contributed by atoms with van der Waals surface area (Å²) in [6, 6.07) is 0. The van der Waals surface area contributed by atoms with E-state index in [9.17, 15) is 19.5 Å². The summed E-state index contributed by atoms with van der Waals surface area (Å²) >= 11 is 0. The van der Waals surface area contributed by atoms with Crippen LogP contribution in [-0.2, 0) is 14.4 Å². The molecule has 0 radical (unpaired) electrons. The van der Waals surface area contributed by atoms with E-state index >= 15 is 0 Å². The smallest absolute Gasteiger partial charge is 0.314 e. The fourth-order valence-corrected chi connectivity index (χ4v) is 3.02. The molecule has 6 nitrogen and oxygen atoms in total. The van der Waals surface area contributed by atoms with Crippen LogP contribution in [-0.4, -0.2) is 33.2 Å². The van der Waals surface area contributed by atoms with Crippen LogP contribution in [0.15, 0.2) is 12.2 Å². The Hall–Kier alpha value is -1.85. The van der Waals surface area contributed by atoms with Crippen molar-refractivity contribution in [1.82, 2.24) is 0 Å². The molecule has 0 aliphatic heterocycles. The van der Waals surface area contributed by atoms with Gasteiger partial charge in [0, 0.05) is 0 Å². The van der Waals surface area contributed by atoms with Gasteiger partial charge in [0.15, 0.2) is 0 Å². The molecule has 1 fully saturated rings. The molecule has 0 saturated heterocycles. The maximum absolute atomic E-state index is 11.3. The number of hydrogen-bond donors (Lipinski definition) is 3. The van der Waals surface area contributed by atoms with Gasteiger partial charge in [-0.25, -0.2) is 0 Å². The Morgan fingerprint density at radius 3 is 2.12 bits per heavy atom.